The molecule has 1 aromatic carbocycles. The van der Waals surface area contributed by atoms with Crippen molar-refractivity contribution in [1.29, 1.82) is 0 Å². The molecule has 0 atom stereocenters. The molecular weight excluding hydrogens is 308 g/mol. The Morgan fingerprint density at radius 2 is 2.05 bits per heavy atom. The van der Waals surface area contributed by atoms with E-state index in [-0.39, 0.29) is 17.5 Å². The van der Waals surface area contributed by atoms with E-state index < -0.39 is 21.0 Å². The van der Waals surface area contributed by atoms with Gasteiger partial charge in [0.15, 0.2) is 5.75 Å². The van der Waals surface area contributed by atoms with Gasteiger partial charge in [-0.25, -0.2) is 13.4 Å². The fourth-order valence-electron chi connectivity index (χ4n) is 2.17. The molecule has 8 heteroatoms. The Labute approximate surface area is 125 Å². The molecule has 0 radical (unpaired) electrons. The third-order valence-electron chi connectivity index (χ3n) is 3.13. The van der Waals surface area contributed by atoms with Crippen molar-refractivity contribution in [3.63, 3.8) is 0 Å². The van der Waals surface area contributed by atoms with E-state index in [2.05, 4.69) is 4.98 Å². The van der Waals surface area contributed by atoms with E-state index >= 15 is 0 Å². The predicted octanol–water partition coefficient (Wildman–Crippen LogP) is 1.15. The lowest BCUT2D eigenvalue weighted by molar-refractivity contribution is 0.406. The first-order chi connectivity index (χ1) is 10.4. The van der Waals surface area contributed by atoms with Crippen molar-refractivity contribution in [2.45, 2.75) is 11.7 Å². The van der Waals surface area contributed by atoms with Gasteiger partial charge in [0.25, 0.3) is 0 Å². The molecule has 0 fully saturated rings. The molecule has 3 aromatic rings. The summed E-state index contributed by atoms with van der Waals surface area (Å²) in [6.45, 7) is 0.0123. The number of aromatic hydroxyl groups is 1. The SMILES string of the molecule is CS(=O)(=O)c1nc2ccccc2n1Cc1cc(=O)c(O)co1. The van der Waals surface area contributed by atoms with Crippen LogP contribution < -0.4 is 5.43 Å². The highest BCUT2D eigenvalue weighted by Crippen LogP contribution is 2.21. The molecule has 0 amide bonds. The van der Waals surface area contributed by atoms with Crippen molar-refractivity contribution in [2.24, 2.45) is 0 Å². The normalized spacial score (nSPS) is 11.9. The highest BCUT2D eigenvalue weighted by molar-refractivity contribution is 7.90. The number of rotatable bonds is 3. The maximum Gasteiger partial charge on any atom is 0.228 e. The number of hydrogen-bond donors (Lipinski definition) is 1. The molecule has 0 spiro atoms. The highest BCUT2D eigenvalue weighted by Gasteiger charge is 2.20. The summed E-state index contributed by atoms with van der Waals surface area (Å²) in [7, 11) is -3.55. The lowest BCUT2D eigenvalue weighted by Crippen LogP contribution is -2.11. The number of fused-ring (bicyclic) bond motifs is 1. The summed E-state index contributed by atoms with van der Waals surface area (Å²) in [6.07, 6.45) is 1.99. The molecule has 0 bridgehead atoms. The Morgan fingerprint density at radius 3 is 2.73 bits per heavy atom. The van der Waals surface area contributed by atoms with Crippen molar-refractivity contribution in [3.8, 4) is 5.75 Å². The summed E-state index contributed by atoms with van der Waals surface area (Å²) >= 11 is 0. The second-order valence-corrected chi connectivity index (χ2v) is 6.75. The lowest BCUT2D eigenvalue weighted by atomic mass is 10.3. The first-order valence-electron chi connectivity index (χ1n) is 6.32. The summed E-state index contributed by atoms with van der Waals surface area (Å²) in [5, 5.41) is 9.10. The topological polar surface area (TPSA) is 102 Å². The molecular formula is C14H12N2O5S. The fraction of sp³-hybridized carbons (Fsp3) is 0.143. The van der Waals surface area contributed by atoms with Crippen LogP contribution in [0.1, 0.15) is 5.76 Å². The molecule has 0 aliphatic carbocycles. The average Bonchev–Trinajstić information content (AvgIpc) is 2.82. The quantitative estimate of drug-likeness (QED) is 0.776. The van der Waals surface area contributed by atoms with Crippen LogP contribution in [0.15, 0.2) is 51.0 Å². The maximum absolute atomic E-state index is 11.9. The number of aromatic nitrogens is 2. The van der Waals surface area contributed by atoms with Gasteiger partial charge >= 0.3 is 0 Å². The molecule has 0 unspecified atom stereocenters. The van der Waals surface area contributed by atoms with E-state index in [0.29, 0.717) is 11.0 Å². The van der Waals surface area contributed by atoms with Crippen LogP contribution >= 0.6 is 0 Å². The third kappa shape index (κ3) is 2.48. The van der Waals surface area contributed by atoms with E-state index in [0.717, 1.165) is 18.6 Å². The van der Waals surface area contributed by atoms with Crippen LogP contribution in [-0.2, 0) is 16.4 Å². The minimum absolute atomic E-state index is 0.0123. The van der Waals surface area contributed by atoms with Gasteiger partial charge in [-0.2, -0.15) is 0 Å². The van der Waals surface area contributed by atoms with E-state index in [1.165, 1.54) is 4.57 Å². The Kier molecular flexibility index (Phi) is 3.25. The smallest absolute Gasteiger partial charge is 0.228 e. The Balaban J connectivity index is 2.20. The van der Waals surface area contributed by atoms with E-state index in [1.807, 2.05) is 0 Å². The number of nitrogens with zero attached hydrogens (tertiary/aromatic N) is 2. The van der Waals surface area contributed by atoms with E-state index in [1.54, 1.807) is 24.3 Å². The summed E-state index contributed by atoms with van der Waals surface area (Å²) < 4.78 is 30.4. The van der Waals surface area contributed by atoms with Gasteiger partial charge < -0.3 is 14.1 Å². The lowest BCUT2D eigenvalue weighted by Gasteiger charge is -2.07. The zero-order valence-corrected chi connectivity index (χ0v) is 12.4. The first-order valence-corrected chi connectivity index (χ1v) is 8.21. The highest BCUT2D eigenvalue weighted by atomic mass is 32.2. The maximum atomic E-state index is 11.9. The molecule has 114 valence electrons. The summed E-state index contributed by atoms with van der Waals surface area (Å²) in [5.41, 5.74) is 0.550. The van der Waals surface area contributed by atoms with Gasteiger partial charge in [0, 0.05) is 12.3 Å². The minimum atomic E-state index is -3.55. The summed E-state index contributed by atoms with van der Waals surface area (Å²) in [4.78, 5) is 15.6. The molecule has 0 saturated carbocycles. The molecule has 0 aliphatic rings. The van der Waals surface area contributed by atoms with Crippen LogP contribution in [0, 0.1) is 0 Å². The van der Waals surface area contributed by atoms with E-state index in [9.17, 15) is 18.3 Å². The molecule has 0 saturated heterocycles. The van der Waals surface area contributed by atoms with Gasteiger partial charge in [-0.3, -0.25) is 4.79 Å². The minimum Gasteiger partial charge on any atom is -0.502 e. The van der Waals surface area contributed by atoms with Crippen LogP contribution in [0.4, 0.5) is 0 Å². The van der Waals surface area contributed by atoms with Gasteiger partial charge in [0.1, 0.15) is 12.0 Å². The van der Waals surface area contributed by atoms with Crippen molar-refractivity contribution < 1.29 is 17.9 Å². The van der Waals surface area contributed by atoms with Crippen molar-refractivity contribution in [3.05, 3.63) is 52.6 Å². The standard InChI is InChI=1S/C14H12N2O5S/c1-22(19,20)14-15-10-4-2-3-5-11(10)16(14)7-9-6-12(17)13(18)8-21-9/h2-6,8,18H,7H2,1H3. The molecule has 3 rings (SSSR count). The van der Waals surface area contributed by atoms with Crippen LogP contribution in [0.2, 0.25) is 0 Å². The zero-order chi connectivity index (χ0) is 15.9. The monoisotopic (exact) mass is 320 g/mol. The molecule has 22 heavy (non-hydrogen) atoms. The second-order valence-electron chi connectivity index (χ2n) is 4.84. The number of sulfone groups is 1. The summed E-state index contributed by atoms with van der Waals surface area (Å²) in [5.74, 6) is -0.279. The number of hydrogen-bond acceptors (Lipinski definition) is 6. The number of imidazole rings is 1. The van der Waals surface area contributed by atoms with Crippen LogP contribution in [-0.4, -0.2) is 29.3 Å². The van der Waals surface area contributed by atoms with Crippen molar-refractivity contribution in [2.75, 3.05) is 6.26 Å². The van der Waals surface area contributed by atoms with Gasteiger partial charge in [-0.05, 0) is 12.1 Å². The Bertz CT molecular complexity index is 1020. The van der Waals surface area contributed by atoms with Gasteiger partial charge in [-0.15, -0.1) is 0 Å². The summed E-state index contributed by atoms with van der Waals surface area (Å²) in [6, 6.07) is 8.07. The van der Waals surface area contributed by atoms with Gasteiger partial charge in [0.05, 0.1) is 17.6 Å². The Hall–Kier alpha value is -2.61. The first kappa shape index (κ1) is 14.3. The molecule has 2 heterocycles. The largest absolute Gasteiger partial charge is 0.502 e. The zero-order valence-electron chi connectivity index (χ0n) is 11.6. The van der Waals surface area contributed by atoms with Crippen LogP contribution in [0.3, 0.4) is 0 Å². The predicted molar refractivity (Wildman–Crippen MR) is 78.6 cm³/mol. The van der Waals surface area contributed by atoms with E-state index in [4.69, 9.17) is 4.42 Å². The van der Waals surface area contributed by atoms with Crippen LogP contribution in [0.5, 0.6) is 5.75 Å². The van der Waals surface area contributed by atoms with Crippen molar-refractivity contribution in [1.82, 2.24) is 9.55 Å². The number of para-hydroxylation sites is 2. The third-order valence-corrected chi connectivity index (χ3v) is 4.11. The molecule has 1 N–H and O–H groups in total. The molecule has 7 nitrogen and oxygen atoms in total. The van der Waals surface area contributed by atoms with Gasteiger partial charge in [0.2, 0.25) is 20.4 Å². The van der Waals surface area contributed by atoms with Crippen molar-refractivity contribution >= 4 is 20.9 Å². The average molecular weight is 320 g/mol. The molecule has 0 aliphatic heterocycles. The Morgan fingerprint density at radius 1 is 1.32 bits per heavy atom. The fourth-order valence-corrected chi connectivity index (χ4v) is 3.00. The molecule has 2 aromatic heterocycles. The second kappa shape index (κ2) is 4.99. The van der Waals surface area contributed by atoms with Crippen LogP contribution in [0.25, 0.3) is 11.0 Å². The van der Waals surface area contributed by atoms with Gasteiger partial charge in [-0.1, -0.05) is 12.1 Å². The number of benzene rings is 1.